The fourth-order valence-corrected chi connectivity index (χ4v) is 3.12. The van der Waals surface area contributed by atoms with E-state index in [4.69, 9.17) is 4.42 Å². The lowest BCUT2D eigenvalue weighted by atomic mass is 10.2. The lowest BCUT2D eigenvalue weighted by molar-refractivity contribution is 0.174. The van der Waals surface area contributed by atoms with E-state index in [1.807, 2.05) is 12.1 Å². The van der Waals surface area contributed by atoms with Crippen molar-refractivity contribution >= 4 is 29.9 Å². The van der Waals surface area contributed by atoms with E-state index in [1.165, 1.54) is 0 Å². The number of H-pyrrole nitrogens is 1. The molecule has 3 N–H and O–H groups in total. The number of aromatic nitrogens is 3. The third kappa shape index (κ3) is 8.73. The molecule has 0 spiro atoms. The Bertz CT molecular complexity index is 690. The van der Waals surface area contributed by atoms with E-state index >= 15 is 0 Å². The molecule has 0 aliphatic heterocycles. The standard InChI is InChI=1S/C20H35N7O.HI/c1-6-21-20(22-11-8-13-27(15(2)3)16(4)5)23-12-10-18-24-19(26-25-18)17-9-7-14-28-17;/h7,9,14-16H,6,8,10-13H2,1-5H3,(H2,21,22,23)(H,24,25,26);1H. The second-order valence-corrected chi connectivity index (χ2v) is 7.30. The van der Waals surface area contributed by atoms with Crippen molar-refractivity contribution in [1.82, 2.24) is 30.7 Å². The molecule has 164 valence electrons. The number of nitrogens with one attached hydrogen (secondary N) is 3. The topological polar surface area (TPSA) is 94.4 Å². The van der Waals surface area contributed by atoms with Gasteiger partial charge in [-0.3, -0.25) is 15.0 Å². The summed E-state index contributed by atoms with van der Waals surface area (Å²) in [5.74, 6) is 2.91. The molecular weight excluding hydrogens is 481 g/mol. The Labute approximate surface area is 191 Å². The first-order chi connectivity index (χ1) is 13.5. The summed E-state index contributed by atoms with van der Waals surface area (Å²) in [6, 6.07) is 4.79. The van der Waals surface area contributed by atoms with Crippen LogP contribution in [0.25, 0.3) is 11.6 Å². The van der Waals surface area contributed by atoms with Crippen LogP contribution in [0.15, 0.2) is 27.8 Å². The van der Waals surface area contributed by atoms with Gasteiger partial charge in [0.15, 0.2) is 11.7 Å². The summed E-state index contributed by atoms with van der Waals surface area (Å²) in [7, 11) is 0. The molecule has 0 aliphatic rings. The Hall–Kier alpha value is -1.62. The molecule has 0 aromatic carbocycles. The number of guanidine groups is 1. The monoisotopic (exact) mass is 517 g/mol. The molecule has 0 aliphatic carbocycles. The van der Waals surface area contributed by atoms with Gasteiger partial charge >= 0.3 is 0 Å². The zero-order valence-corrected chi connectivity index (χ0v) is 20.6. The molecule has 0 saturated carbocycles. The Kier molecular flexibility index (Phi) is 11.9. The van der Waals surface area contributed by atoms with E-state index in [0.29, 0.717) is 23.7 Å². The Morgan fingerprint density at radius 1 is 1.24 bits per heavy atom. The molecule has 9 heteroatoms. The average molecular weight is 517 g/mol. The Balaban J connectivity index is 0.00000420. The highest BCUT2D eigenvalue weighted by atomic mass is 127. The van der Waals surface area contributed by atoms with Crippen LogP contribution in [0.2, 0.25) is 0 Å². The summed E-state index contributed by atoms with van der Waals surface area (Å²) in [5.41, 5.74) is 0. The lowest BCUT2D eigenvalue weighted by Gasteiger charge is -2.30. The van der Waals surface area contributed by atoms with Gasteiger partial charge in [-0.2, -0.15) is 5.10 Å². The maximum atomic E-state index is 5.32. The third-order valence-electron chi connectivity index (χ3n) is 4.44. The van der Waals surface area contributed by atoms with Crippen molar-refractivity contribution in [3.63, 3.8) is 0 Å². The van der Waals surface area contributed by atoms with E-state index in [-0.39, 0.29) is 24.0 Å². The van der Waals surface area contributed by atoms with E-state index in [2.05, 4.69) is 70.3 Å². The quantitative estimate of drug-likeness (QED) is 0.183. The molecule has 0 atom stereocenters. The van der Waals surface area contributed by atoms with E-state index in [1.54, 1.807) is 6.26 Å². The molecule has 2 heterocycles. The molecule has 0 radical (unpaired) electrons. The highest BCUT2D eigenvalue weighted by Crippen LogP contribution is 2.14. The second-order valence-electron chi connectivity index (χ2n) is 7.30. The molecule has 29 heavy (non-hydrogen) atoms. The fraction of sp³-hybridized carbons (Fsp3) is 0.650. The zero-order chi connectivity index (χ0) is 20.4. The number of rotatable bonds is 11. The number of halogens is 1. The molecule has 2 aromatic heterocycles. The minimum Gasteiger partial charge on any atom is -0.461 e. The smallest absolute Gasteiger partial charge is 0.216 e. The van der Waals surface area contributed by atoms with Gasteiger partial charge in [0.2, 0.25) is 5.82 Å². The number of nitrogens with zero attached hydrogens (tertiary/aromatic N) is 4. The largest absolute Gasteiger partial charge is 0.461 e. The molecule has 2 aromatic rings. The molecule has 0 saturated heterocycles. The maximum absolute atomic E-state index is 5.32. The minimum absolute atomic E-state index is 0. The van der Waals surface area contributed by atoms with Crippen LogP contribution in [0, 0.1) is 0 Å². The van der Waals surface area contributed by atoms with Crippen molar-refractivity contribution in [3.8, 4) is 11.6 Å². The van der Waals surface area contributed by atoms with Crippen LogP contribution in [-0.2, 0) is 6.42 Å². The zero-order valence-electron chi connectivity index (χ0n) is 18.2. The van der Waals surface area contributed by atoms with Crippen LogP contribution in [0.4, 0.5) is 0 Å². The van der Waals surface area contributed by atoms with E-state index in [0.717, 1.165) is 50.8 Å². The van der Waals surface area contributed by atoms with Gasteiger partial charge in [-0.25, -0.2) is 4.98 Å². The number of hydrogen-bond acceptors (Lipinski definition) is 5. The normalized spacial score (nSPS) is 11.9. The molecule has 8 nitrogen and oxygen atoms in total. The molecule has 0 bridgehead atoms. The predicted octanol–water partition coefficient (Wildman–Crippen LogP) is 3.29. The third-order valence-corrected chi connectivity index (χ3v) is 4.44. The number of aliphatic imine (C=N–C) groups is 1. The first-order valence-electron chi connectivity index (χ1n) is 10.2. The summed E-state index contributed by atoms with van der Waals surface area (Å²) in [6.45, 7) is 14.5. The van der Waals surface area contributed by atoms with Gasteiger partial charge in [0.1, 0.15) is 5.82 Å². The number of aromatic amines is 1. The molecule has 2 rings (SSSR count). The Morgan fingerprint density at radius 2 is 2.00 bits per heavy atom. The van der Waals surface area contributed by atoms with Gasteiger partial charge < -0.3 is 15.1 Å². The van der Waals surface area contributed by atoms with Gasteiger partial charge in [-0.1, -0.05) is 0 Å². The van der Waals surface area contributed by atoms with Crippen molar-refractivity contribution in [2.45, 2.75) is 59.5 Å². The van der Waals surface area contributed by atoms with Crippen molar-refractivity contribution < 1.29 is 4.42 Å². The van der Waals surface area contributed by atoms with Crippen LogP contribution >= 0.6 is 24.0 Å². The summed E-state index contributed by atoms with van der Waals surface area (Å²) < 4.78 is 5.32. The van der Waals surface area contributed by atoms with Crippen molar-refractivity contribution in [2.75, 3.05) is 26.2 Å². The van der Waals surface area contributed by atoms with E-state index < -0.39 is 0 Å². The van der Waals surface area contributed by atoms with Crippen LogP contribution in [0.1, 0.15) is 46.9 Å². The molecule has 0 unspecified atom stereocenters. The van der Waals surface area contributed by atoms with Gasteiger partial charge in [-0.05, 0) is 53.2 Å². The van der Waals surface area contributed by atoms with Gasteiger partial charge in [0.05, 0.1) is 6.26 Å². The summed E-state index contributed by atoms with van der Waals surface area (Å²) in [5, 5.41) is 13.8. The van der Waals surface area contributed by atoms with Crippen LogP contribution in [-0.4, -0.2) is 64.3 Å². The second kappa shape index (κ2) is 13.6. The molecule has 0 amide bonds. The fourth-order valence-electron chi connectivity index (χ4n) is 3.12. The van der Waals surface area contributed by atoms with Crippen molar-refractivity contribution in [1.29, 1.82) is 0 Å². The van der Waals surface area contributed by atoms with Crippen LogP contribution < -0.4 is 10.6 Å². The maximum Gasteiger partial charge on any atom is 0.216 e. The van der Waals surface area contributed by atoms with Gasteiger partial charge in [-0.15, -0.1) is 24.0 Å². The van der Waals surface area contributed by atoms with Gasteiger partial charge in [0.25, 0.3) is 0 Å². The summed E-state index contributed by atoms with van der Waals surface area (Å²) in [6.07, 6.45) is 3.39. The van der Waals surface area contributed by atoms with Crippen LogP contribution in [0.5, 0.6) is 0 Å². The highest BCUT2D eigenvalue weighted by Gasteiger charge is 2.12. The first kappa shape index (κ1) is 25.4. The SMILES string of the molecule is CCNC(=NCCCN(C(C)C)C(C)C)NCCc1nc(-c2ccco2)n[nH]1.I. The first-order valence-corrected chi connectivity index (χ1v) is 10.2. The predicted molar refractivity (Wildman–Crippen MR) is 129 cm³/mol. The van der Waals surface area contributed by atoms with Crippen LogP contribution in [0.3, 0.4) is 0 Å². The van der Waals surface area contributed by atoms with Gasteiger partial charge in [0, 0.05) is 44.7 Å². The van der Waals surface area contributed by atoms with Crippen molar-refractivity contribution in [3.05, 3.63) is 24.2 Å². The van der Waals surface area contributed by atoms with E-state index in [9.17, 15) is 0 Å². The summed E-state index contributed by atoms with van der Waals surface area (Å²) in [4.78, 5) is 11.6. The average Bonchev–Trinajstić information content (AvgIpc) is 3.32. The molecular formula is C20H36IN7O. The Morgan fingerprint density at radius 3 is 2.62 bits per heavy atom. The van der Waals surface area contributed by atoms with Crippen molar-refractivity contribution in [2.24, 2.45) is 4.99 Å². The summed E-state index contributed by atoms with van der Waals surface area (Å²) >= 11 is 0. The highest BCUT2D eigenvalue weighted by molar-refractivity contribution is 14.0. The lowest BCUT2D eigenvalue weighted by Crippen LogP contribution is -2.39. The number of furan rings is 1. The molecule has 0 fully saturated rings. The minimum atomic E-state index is 0. The number of hydrogen-bond donors (Lipinski definition) is 3.